The number of methoxy groups -OCH3 is 1. The van der Waals surface area contributed by atoms with Crippen LogP contribution in [0.15, 0.2) is 9.59 Å². The Balaban J connectivity index is 1.83. The lowest BCUT2D eigenvalue weighted by atomic mass is 10.1. The summed E-state index contributed by atoms with van der Waals surface area (Å²) in [5, 5.41) is 3.35. The molecule has 2 aliphatic rings. The van der Waals surface area contributed by atoms with E-state index in [1.54, 1.807) is 16.6 Å². The van der Waals surface area contributed by atoms with Crippen molar-refractivity contribution in [3.05, 3.63) is 31.3 Å². The zero-order valence-electron chi connectivity index (χ0n) is 16.0. The molecule has 0 bridgehead atoms. The average Bonchev–Trinajstić information content (AvgIpc) is 3.17. The average molecular weight is 408 g/mol. The molecule has 2 aliphatic heterocycles. The van der Waals surface area contributed by atoms with Crippen molar-refractivity contribution in [3.63, 3.8) is 0 Å². The van der Waals surface area contributed by atoms with Gasteiger partial charge in [-0.2, -0.15) is 0 Å². The quantitative estimate of drug-likeness (QED) is 0.714. The summed E-state index contributed by atoms with van der Waals surface area (Å²) in [6.07, 6.45) is 0. The minimum absolute atomic E-state index is 0.101. The zero-order valence-corrected chi connectivity index (χ0v) is 16.8. The molecule has 4 heterocycles. The van der Waals surface area contributed by atoms with E-state index in [0.29, 0.717) is 62.8 Å². The highest BCUT2D eigenvalue weighted by molar-refractivity contribution is 7.18. The van der Waals surface area contributed by atoms with Gasteiger partial charge in [-0.05, 0) is 12.5 Å². The summed E-state index contributed by atoms with van der Waals surface area (Å²) < 4.78 is 13.3. The van der Waals surface area contributed by atoms with E-state index in [2.05, 4.69) is 5.32 Å². The highest BCUT2D eigenvalue weighted by atomic mass is 32.1. The molecule has 152 valence electrons. The fraction of sp³-hybridized carbons (Fsp3) is 0.611. The lowest BCUT2D eigenvalue weighted by Gasteiger charge is -2.26. The van der Waals surface area contributed by atoms with Gasteiger partial charge < -0.3 is 19.7 Å². The number of rotatable bonds is 7. The number of nitrogens with zero attached hydrogens (tertiary/aromatic N) is 3. The van der Waals surface area contributed by atoms with E-state index in [9.17, 15) is 14.4 Å². The minimum Gasteiger partial charge on any atom is -0.383 e. The maximum atomic E-state index is 13.2. The number of ether oxygens (including phenoxy) is 2. The van der Waals surface area contributed by atoms with Crippen LogP contribution in [0, 0.1) is 12.8 Å². The van der Waals surface area contributed by atoms with E-state index < -0.39 is 0 Å². The van der Waals surface area contributed by atoms with Gasteiger partial charge in [0, 0.05) is 37.5 Å². The molecule has 10 heteroatoms. The van der Waals surface area contributed by atoms with Crippen molar-refractivity contribution in [3.8, 4) is 0 Å². The molecule has 2 aromatic heterocycles. The molecule has 0 aromatic carbocycles. The number of amides is 2. The Morgan fingerprint density at radius 2 is 2.04 bits per heavy atom. The van der Waals surface area contributed by atoms with Crippen LogP contribution < -0.4 is 16.6 Å². The van der Waals surface area contributed by atoms with E-state index >= 15 is 0 Å². The van der Waals surface area contributed by atoms with Gasteiger partial charge in [-0.1, -0.05) is 0 Å². The van der Waals surface area contributed by atoms with Crippen LogP contribution in [0.4, 0.5) is 4.79 Å². The van der Waals surface area contributed by atoms with E-state index in [1.807, 2.05) is 6.92 Å². The SMILES string of the molecule is COCCn1c(=O)n(CC2COC2)c(=O)c2c(C)c(CN3CCNC3=O)sc21. The van der Waals surface area contributed by atoms with Crippen molar-refractivity contribution in [1.82, 2.24) is 19.4 Å². The first-order valence-electron chi connectivity index (χ1n) is 9.36. The Morgan fingerprint density at radius 1 is 1.25 bits per heavy atom. The zero-order chi connectivity index (χ0) is 19.8. The van der Waals surface area contributed by atoms with Crippen molar-refractivity contribution in [2.75, 3.05) is 40.0 Å². The number of thiophene rings is 1. The minimum atomic E-state index is -0.312. The van der Waals surface area contributed by atoms with Gasteiger partial charge in [0.25, 0.3) is 5.56 Å². The molecule has 0 saturated carbocycles. The van der Waals surface area contributed by atoms with Gasteiger partial charge in [-0.15, -0.1) is 11.3 Å². The molecular formula is C18H24N4O5S. The third-order valence-electron chi connectivity index (χ3n) is 5.34. The van der Waals surface area contributed by atoms with Crippen LogP contribution in [0.1, 0.15) is 10.4 Å². The molecule has 2 amide bonds. The van der Waals surface area contributed by atoms with Gasteiger partial charge in [0.2, 0.25) is 0 Å². The fourth-order valence-electron chi connectivity index (χ4n) is 3.62. The van der Waals surface area contributed by atoms with Gasteiger partial charge in [-0.3, -0.25) is 13.9 Å². The van der Waals surface area contributed by atoms with Crippen molar-refractivity contribution in [1.29, 1.82) is 0 Å². The Morgan fingerprint density at radius 3 is 2.64 bits per heavy atom. The lowest BCUT2D eigenvalue weighted by Crippen LogP contribution is -2.44. The standard InChI is InChI=1S/C18H24N4O5S/c1-11-13(8-20-4-3-19-17(20)24)28-16-14(11)15(23)22(7-12-9-27-10-12)18(25)21(16)5-6-26-2/h12H,3-10H2,1-2H3,(H,19,24). The van der Waals surface area contributed by atoms with Crippen LogP contribution in [0.5, 0.6) is 0 Å². The summed E-state index contributed by atoms with van der Waals surface area (Å²) in [5.41, 5.74) is 0.272. The van der Waals surface area contributed by atoms with Crippen LogP contribution in [-0.2, 0) is 29.1 Å². The number of carbonyl (C=O) groups excluding carboxylic acids is 1. The molecule has 2 fully saturated rings. The molecule has 2 saturated heterocycles. The Labute approximate surface area is 165 Å². The van der Waals surface area contributed by atoms with Gasteiger partial charge >= 0.3 is 11.7 Å². The summed E-state index contributed by atoms with van der Waals surface area (Å²) in [6.45, 7) is 5.83. The second-order valence-electron chi connectivity index (χ2n) is 7.23. The molecule has 0 unspecified atom stereocenters. The smallest absolute Gasteiger partial charge is 0.332 e. The predicted molar refractivity (Wildman–Crippen MR) is 105 cm³/mol. The molecule has 2 aromatic rings. The molecule has 0 radical (unpaired) electrons. The van der Waals surface area contributed by atoms with Crippen molar-refractivity contribution < 1.29 is 14.3 Å². The first-order valence-corrected chi connectivity index (χ1v) is 10.2. The third kappa shape index (κ3) is 3.25. The maximum absolute atomic E-state index is 13.2. The largest absolute Gasteiger partial charge is 0.383 e. The highest BCUT2D eigenvalue weighted by Crippen LogP contribution is 2.29. The second kappa shape index (κ2) is 7.69. The van der Waals surface area contributed by atoms with Crippen LogP contribution >= 0.6 is 11.3 Å². The normalized spacial score (nSPS) is 17.4. The summed E-state index contributed by atoms with van der Waals surface area (Å²) >= 11 is 1.41. The summed E-state index contributed by atoms with van der Waals surface area (Å²) in [4.78, 5) is 41.5. The van der Waals surface area contributed by atoms with E-state index in [4.69, 9.17) is 9.47 Å². The molecule has 1 N–H and O–H groups in total. The number of hydrogen-bond acceptors (Lipinski definition) is 6. The molecular weight excluding hydrogens is 384 g/mol. The molecule has 4 rings (SSSR count). The monoisotopic (exact) mass is 408 g/mol. The number of fused-ring (bicyclic) bond motifs is 1. The van der Waals surface area contributed by atoms with E-state index in [1.165, 1.54) is 15.9 Å². The number of aromatic nitrogens is 2. The van der Waals surface area contributed by atoms with Crippen molar-refractivity contribution in [2.24, 2.45) is 5.92 Å². The first-order chi connectivity index (χ1) is 13.5. The van der Waals surface area contributed by atoms with Crippen LogP contribution in [0.25, 0.3) is 10.2 Å². The van der Waals surface area contributed by atoms with Gasteiger partial charge in [-0.25, -0.2) is 9.59 Å². The Kier molecular flexibility index (Phi) is 5.26. The Bertz CT molecular complexity index is 1020. The van der Waals surface area contributed by atoms with Gasteiger partial charge in [0.1, 0.15) is 4.83 Å². The molecule has 28 heavy (non-hydrogen) atoms. The fourth-order valence-corrected chi connectivity index (χ4v) is 4.95. The summed E-state index contributed by atoms with van der Waals surface area (Å²) in [6, 6.07) is -0.101. The second-order valence-corrected chi connectivity index (χ2v) is 8.31. The molecule has 0 spiro atoms. The van der Waals surface area contributed by atoms with Gasteiger partial charge in [0.15, 0.2) is 0 Å². The number of carbonyl (C=O) groups is 1. The molecule has 0 aliphatic carbocycles. The Hall–Kier alpha value is -2.17. The molecule has 0 atom stereocenters. The predicted octanol–water partition coefficient (Wildman–Crippen LogP) is 0.351. The van der Waals surface area contributed by atoms with Crippen molar-refractivity contribution in [2.45, 2.75) is 26.6 Å². The van der Waals surface area contributed by atoms with Crippen molar-refractivity contribution >= 4 is 27.6 Å². The number of nitrogens with one attached hydrogen (secondary N) is 1. The molecule has 9 nitrogen and oxygen atoms in total. The van der Waals surface area contributed by atoms with Crippen LogP contribution in [-0.4, -0.2) is 60.1 Å². The first kappa shape index (κ1) is 19.2. The van der Waals surface area contributed by atoms with E-state index in [-0.39, 0.29) is 23.2 Å². The summed E-state index contributed by atoms with van der Waals surface area (Å²) in [5.74, 6) is 0.186. The lowest BCUT2D eigenvalue weighted by molar-refractivity contribution is -0.0404. The van der Waals surface area contributed by atoms with Gasteiger partial charge in [0.05, 0.1) is 38.3 Å². The number of urea groups is 1. The topological polar surface area (TPSA) is 94.8 Å². The highest BCUT2D eigenvalue weighted by Gasteiger charge is 2.26. The maximum Gasteiger partial charge on any atom is 0.332 e. The van der Waals surface area contributed by atoms with E-state index in [0.717, 1.165) is 10.4 Å². The van der Waals surface area contributed by atoms with Crippen LogP contribution in [0.2, 0.25) is 0 Å². The summed E-state index contributed by atoms with van der Waals surface area (Å²) in [7, 11) is 1.58. The number of hydrogen-bond donors (Lipinski definition) is 1. The number of aryl methyl sites for hydroxylation is 1. The van der Waals surface area contributed by atoms with Crippen LogP contribution in [0.3, 0.4) is 0 Å². The third-order valence-corrected chi connectivity index (χ3v) is 6.64.